The van der Waals surface area contributed by atoms with Crippen LogP contribution in [0.3, 0.4) is 0 Å². The number of rotatable bonds is 9. The highest BCUT2D eigenvalue weighted by atomic mass is 19.4. The number of nitrogens with one attached hydrogen (secondary N) is 1. The van der Waals surface area contributed by atoms with Crippen molar-refractivity contribution in [2.45, 2.75) is 12.6 Å². The fraction of sp³-hybridized carbons (Fsp3) is 0.300. The molecule has 0 heterocycles. The Kier molecular flexibility index (Phi) is 7.88. The van der Waals surface area contributed by atoms with E-state index >= 15 is 0 Å². The molecule has 2 aromatic rings. The van der Waals surface area contributed by atoms with Crippen molar-refractivity contribution in [1.29, 1.82) is 0 Å². The largest absolute Gasteiger partial charge is 0.496 e. The number of ether oxygens (including phenoxy) is 3. The maximum atomic E-state index is 12.6. The number of carbonyl (C=O) groups excluding carboxylic acids is 2. The maximum Gasteiger partial charge on any atom is 0.416 e. The number of hydrogen-bond donors (Lipinski definition) is 1. The summed E-state index contributed by atoms with van der Waals surface area (Å²) in [6, 6.07) is 11.5. The first-order valence-electron chi connectivity index (χ1n) is 8.64. The van der Waals surface area contributed by atoms with E-state index in [1.807, 2.05) is 24.3 Å². The first-order chi connectivity index (χ1) is 13.8. The summed E-state index contributed by atoms with van der Waals surface area (Å²) < 4.78 is 52.8. The Bertz CT molecular complexity index is 839. The number of carbonyl (C=O) groups is 2. The van der Waals surface area contributed by atoms with Crippen molar-refractivity contribution in [3.8, 4) is 11.5 Å². The topological polar surface area (TPSA) is 73.9 Å². The van der Waals surface area contributed by atoms with Crippen LogP contribution in [-0.2, 0) is 26.9 Å². The van der Waals surface area contributed by atoms with E-state index in [2.05, 4.69) is 5.32 Å². The molecule has 0 atom stereocenters. The van der Waals surface area contributed by atoms with Crippen molar-refractivity contribution in [3.63, 3.8) is 0 Å². The highest BCUT2D eigenvalue weighted by Gasteiger charge is 2.30. The summed E-state index contributed by atoms with van der Waals surface area (Å²) in [6.45, 7) is -0.815. The maximum absolute atomic E-state index is 12.6. The van der Waals surface area contributed by atoms with Gasteiger partial charge in [-0.25, -0.2) is 4.79 Å². The summed E-state index contributed by atoms with van der Waals surface area (Å²) in [6.07, 6.45) is -3.98. The summed E-state index contributed by atoms with van der Waals surface area (Å²) in [5.74, 6) is -0.799. The van der Waals surface area contributed by atoms with Crippen molar-refractivity contribution in [3.05, 3.63) is 59.7 Å². The van der Waals surface area contributed by atoms with Gasteiger partial charge in [0.25, 0.3) is 5.91 Å². The lowest BCUT2D eigenvalue weighted by Crippen LogP contribution is -2.31. The number of halogens is 3. The third-order valence-corrected chi connectivity index (χ3v) is 3.79. The molecule has 0 aliphatic carbocycles. The second kappa shape index (κ2) is 10.4. The Hall–Kier alpha value is -3.23. The normalized spacial score (nSPS) is 10.9. The summed E-state index contributed by atoms with van der Waals surface area (Å²) in [7, 11) is 1.55. The number of hydrogen-bond acceptors (Lipinski definition) is 5. The Balaban J connectivity index is 1.69. The molecule has 1 amide bonds. The molecule has 0 aliphatic rings. The molecule has 2 rings (SSSR count). The zero-order valence-corrected chi connectivity index (χ0v) is 15.6. The summed E-state index contributed by atoms with van der Waals surface area (Å²) in [5.41, 5.74) is 0.0274. The third-order valence-electron chi connectivity index (χ3n) is 3.79. The highest BCUT2D eigenvalue weighted by Crippen LogP contribution is 2.31. The monoisotopic (exact) mass is 411 g/mol. The van der Waals surface area contributed by atoms with Gasteiger partial charge in [0.2, 0.25) is 0 Å². The van der Waals surface area contributed by atoms with Gasteiger partial charge >= 0.3 is 12.1 Å². The molecule has 2 aromatic carbocycles. The number of alkyl halides is 3. The van der Waals surface area contributed by atoms with E-state index in [0.717, 1.165) is 17.7 Å². The standard InChI is InChI=1S/C20H20F3NO5/c1-27-17-8-3-2-5-14(17)9-10-24-18(25)12-29-19(26)13-28-16-7-4-6-15(11-16)20(21,22)23/h2-8,11H,9-10,12-13H2,1H3,(H,24,25). The predicted octanol–water partition coefficient (Wildman–Crippen LogP) is 2.99. The first kappa shape index (κ1) is 22.1. The summed E-state index contributed by atoms with van der Waals surface area (Å²) in [4.78, 5) is 23.4. The molecule has 156 valence electrons. The molecule has 9 heteroatoms. The van der Waals surface area contributed by atoms with Crippen LogP contribution in [0.1, 0.15) is 11.1 Å². The van der Waals surface area contributed by atoms with Crippen molar-refractivity contribution in [2.24, 2.45) is 0 Å². The lowest BCUT2D eigenvalue weighted by Gasteiger charge is -2.11. The lowest BCUT2D eigenvalue weighted by atomic mass is 10.1. The molecule has 0 radical (unpaired) electrons. The van der Waals surface area contributed by atoms with Gasteiger partial charge in [-0.15, -0.1) is 0 Å². The van der Waals surface area contributed by atoms with Crippen molar-refractivity contribution in [1.82, 2.24) is 5.32 Å². The van der Waals surface area contributed by atoms with Crippen LogP contribution in [0.25, 0.3) is 0 Å². The molecule has 0 fully saturated rings. The molecular weight excluding hydrogens is 391 g/mol. The Labute approximate surface area is 165 Å². The number of esters is 1. The number of para-hydroxylation sites is 1. The zero-order chi connectivity index (χ0) is 21.3. The van der Waals surface area contributed by atoms with E-state index in [1.54, 1.807) is 7.11 Å². The van der Waals surface area contributed by atoms with Gasteiger partial charge in [0.15, 0.2) is 13.2 Å². The fourth-order valence-corrected chi connectivity index (χ4v) is 2.39. The smallest absolute Gasteiger partial charge is 0.416 e. The number of amides is 1. The van der Waals surface area contributed by atoms with E-state index in [0.29, 0.717) is 18.7 Å². The molecule has 1 N–H and O–H groups in total. The fourth-order valence-electron chi connectivity index (χ4n) is 2.39. The zero-order valence-electron chi connectivity index (χ0n) is 15.6. The van der Waals surface area contributed by atoms with Gasteiger partial charge in [-0.05, 0) is 36.2 Å². The van der Waals surface area contributed by atoms with Gasteiger partial charge in [-0.1, -0.05) is 24.3 Å². The van der Waals surface area contributed by atoms with Crippen LogP contribution < -0.4 is 14.8 Å². The minimum atomic E-state index is -4.51. The summed E-state index contributed by atoms with van der Waals surface area (Å²) >= 11 is 0. The second-order valence-electron chi connectivity index (χ2n) is 5.89. The van der Waals surface area contributed by atoms with E-state index in [9.17, 15) is 22.8 Å². The molecule has 0 aliphatic heterocycles. The minimum absolute atomic E-state index is 0.127. The predicted molar refractivity (Wildman–Crippen MR) is 97.6 cm³/mol. The molecule has 0 saturated heterocycles. The van der Waals surface area contributed by atoms with Crippen molar-refractivity contribution in [2.75, 3.05) is 26.9 Å². The first-order valence-corrected chi connectivity index (χ1v) is 8.64. The Morgan fingerprint density at radius 1 is 1.03 bits per heavy atom. The molecule has 0 bridgehead atoms. The molecule has 0 unspecified atom stereocenters. The molecule has 0 spiro atoms. The van der Waals surface area contributed by atoms with E-state index in [4.69, 9.17) is 14.2 Å². The molecular formula is C20H20F3NO5. The van der Waals surface area contributed by atoms with E-state index in [-0.39, 0.29) is 5.75 Å². The minimum Gasteiger partial charge on any atom is -0.496 e. The number of methoxy groups -OCH3 is 1. The van der Waals surface area contributed by atoms with Crippen LogP contribution in [0.4, 0.5) is 13.2 Å². The highest BCUT2D eigenvalue weighted by molar-refractivity contribution is 5.80. The van der Waals surface area contributed by atoms with Crippen LogP contribution in [0.15, 0.2) is 48.5 Å². The second-order valence-corrected chi connectivity index (χ2v) is 5.89. The SMILES string of the molecule is COc1ccccc1CCNC(=O)COC(=O)COc1cccc(C(F)(F)F)c1. The van der Waals surface area contributed by atoms with E-state index < -0.39 is 36.8 Å². The molecule has 0 saturated carbocycles. The average Bonchev–Trinajstić information content (AvgIpc) is 2.70. The molecule has 6 nitrogen and oxygen atoms in total. The van der Waals surface area contributed by atoms with Crippen LogP contribution >= 0.6 is 0 Å². The van der Waals surface area contributed by atoms with Crippen LogP contribution in [-0.4, -0.2) is 38.7 Å². The van der Waals surface area contributed by atoms with Crippen LogP contribution in [0.5, 0.6) is 11.5 Å². The van der Waals surface area contributed by atoms with Crippen LogP contribution in [0, 0.1) is 0 Å². The van der Waals surface area contributed by atoms with Crippen LogP contribution in [0.2, 0.25) is 0 Å². The van der Waals surface area contributed by atoms with Crippen molar-refractivity contribution < 1.29 is 37.0 Å². The Morgan fingerprint density at radius 3 is 2.52 bits per heavy atom. The number of benzene rings is 2. The quantitative estimate of drug-likeness (QED) is 0.643. The lowest BCUT2D eigenvalue weighted by molar-refractivity contribution is -0.150. The van der Waals surface area contributed by atoms with Gasteiger partial charge in [-0.2, -0.15) is 13.2 Å². The average molecular weight is 411 g/mol. The third kappa shape index (κ3) is 7.36. The molecule has 0 aromatic heterocycles. The van der Waals surface area contributed by atoms with Gasteiger partial charge in [0, 0.05) is 6.54 Å². The summed E-state index contributed by atoms with van der Waals surface area (Å²) in [5, 5.41) is 2.60. The van der Waals surface area contributed by atoms with E-state index in [1.165, 1.54) is 12.1 Å². The van der Waals surface area contributed by atoms with Gasteiger partial charge in [0.1, 0.15) is 11.5 Å². The van der Waals surface area contributed by atoms with Gasteiger partial charge in [0.05, 0.1) is 12.7 Å². The van der Waals surface area contributed by atoms with Crippen molar-refractivity contribution >= 4 is 11.9 Å². The van der Waals surface area contributed by atoms with Gasteiger partial charge in [-0.3, -0.25) is 4.79 Å². The van der Waals surface area contributed by atoms with Gasteiger partial charge < -0.3 is 19.5 Å². The molecule has 29 heavy (non-hydrogen) atoms. The Morgan fingerprint density at radius 2 is 1.79 bits per heavy atom.